The molecule has 1 saturated carbocycles. The summed E-state index contributed by atoms with van der Waals surface area (Å²) in [5, 5.41) is 4.17. The number of hydrogen-bond donors (Lipinski definition) is 0. The molecule has 0 N–H and O–H groups in total. The fourth-order valence-corrected chi connectivity index (χ4v) is 2.76. The van der Waals surface area contributed by atoms with Crippen LogP contribution in [0.25, 0.3) is 0 Å². The van der Waals surface area contributed by atoms with E-state index in [2.05, 4.69) is 59.8 Å². The van der Waals surface area contributed by atoms with Gasteiger partial charge in [0.15, 0.2) is 0 Å². The number of oxime groups is 1. The van der Waals surface area contributed by atoms with Crippen molar-refractivity contribution in [2.75, 3.05) is 7.11 Å². The van der Waals surface area contributed by atoms with E-state index >= 15 is 0 Å². The quantitative estimate of drug-likeness (QED) is 0.401. The number of allylic oxidation sites excluding steroid dienone is 3. The number of nitrogens with zero attached hydrogens (tertiary/aromatic N) is 1. The van der Waals surface area contributed by atoms with Crippen LogP contribution in [-0.2, 0) is 4.84 Å². The van der Waals surface area contributed by atoms with E-state index in [1.54, 1.807) is 7.11 Å². The second kappa shape index (κ2) is 7.19. The van der Waals surface area contributed by atoms with E-state index in [0.717, 1.165) is 18.8 Å². The number of halogens is 1. The molecule has 0 bridgehead atoms. The van der Waals surface area contributed by atoms with Gasteiger partial charge in [0.1, 0.15) is 7.11 Å². The minimum Gasteiger partial charge on any atom is -0.399 e. The van der Waals surface area contributed by atoms with Gasteiger partial charge in [-0.15, -0.1) is 0 Å². The van der Waals surface area contributed by atoms with E-state index in [-0.39, 0.29) is 5.41 Å². The predicted molar refractivity (Wildman–Crippen MR) is 82.5 cm³/mol. The van der Waals surface area contributed by atoms with Crippen molar-refractivity contribution in [2.45, 2.75) is 39.5 Å². The molecule has 1 aliphatic carbocycles. The van der Waals surface area contributed by atoms with Crippen molar-refractivity contribution in [3.05, 3.63) is 22.3 Å². The minimum absolute atomic E-state index is 0.197. The number of rotatable bonds is 5. The smallest absolute Gasteiger partial charge is 0.106 e. The highest BCUT2D eigenvalue weighted by Crippen LogP contribution is 2.43. The Bertz CT molecular complexity index is 318. The fourth-order valence-electron chi connectivity index (χ4n) is 2.52. The van der Waals surface area contributed by atoms with Crippen molar-refractivity contribution in [1.82, 2.24) is 0 Å². The molecule has 1 unspecified atom stereocenters. The molecule has 0 radical (unpaired) electrons. The molecule has 0 aromatic rings. The largest absolute Gasteiger partial charge is 0.399 e. The van der Waals surface area contributed by atoms with Crippen LogP contribution in [0.3, 0.4) is 0 Å². The molecule has 0 heterocycles. The molecule has 1 rings (SSSR count). The molecule has 0 spiro atoms. The Kier molecular flexibility index (Phi) is 6.23. The van der Waals surface area contributed by atoms with Crippen LogP contribution in [0.1, 0.15) is 39.5 Å². The summed E-state index contributed by atoms with van der Waals surface area (Å²) in [5.74, 6) is 0.727. The van der Waals surface area contributed by atoms with Crippen molar-refractivity contribution in [1.29, 1.82) is 0 Å². The van der Waals surface area contributed by atoms with Gasteiger partial charge in [0, 0.05) is 5.41 Å². The molecule has 0 aromatic carbocycles. The molecule has 1 atom stereocenters. The lowest BCUT2D eigenvalue weighted by Gasteiger charge is -2.26. The summed E-state index contributed by atoms with van der Waals surface area (Å²) in [5.41, 5.74) is 1.42. The van der Waals surface area contributed by atoms with Crippen LogP contribution < -0.4 is 0 Å². The molecular formula is C14H22INO. The predicted octanol–water partition coefficient (Wildman–Crippen LogP) is 4.71. The van der Waals surface area contributed by atoms with Crippen LogP contribution in [-0.4, -0.2) is 12.8 Å². The van der Waals surface area contributed by atoms with Crippen molar-refractivity contribution < 1.29 is 4.84 Å². The van der Waals surface area contributed by atoms with E-state index in [1.807, 2.05) is 4.08 Å². The Hall–Kier alpha value is -0.320. The molecule has 0 amide bonds. The van der Waals surface area contributed by atoms with Gasteiger partial charge in [0.05, 0.1) is 5.71 Å². The fraction of sp³-hybridized carbons (Fsp3) is 0.643. The molecule has 0 aromatic heterocycles. The third-order valence-corrected chi connectivity index (χ3v) is 4.11. The highest BCUT2D eigenvalue weighted by Gasteiger charge is 2.39. The van der Waals surface area contributed by atoms with Gasteiger partial charge in [-0.25, -0.2) is 0 Å². The maximum absolute atomic E-state index is 4.93. The van der Waals surface area contributed by atoms with Crippen molar-refractivity contribution in [3.63, 3.8) is 0 Å². The second-order valence-corrected chi connectivity index (χ2v) is 5.72. The summed E-state index contributed by atoms with van der Waals surface area (Å²) in [7, 11) is 1.63. The Balaban J connectivity index is 2.48. The Morgan fingerprint density at radius 3 is 2.88 bits per heavy atom. The molecular weight excluding hydrogens is 325 g/mol. The number of hydrogen-bond acceptors (Lipinski definition) is 2. The highest BCUT2D eigenvalue weighted by molar-refractivity contribution is 14.1. The maximum atomic E-state index is 4.93. The van der Waals surface area contributed by atoms with E-state index < -0.39 is 0 Å². The zero-order chi connectivity index (χ0) is 12.7. The molecule has 96 valence electrons. The van der Waals surface area contributed by atoms with Gasteiger partial charge in [-0.3, -0.25) is 0 Å². The monoisotopic (exact) mass is 347 g/mol. The third kappa shape index (κ3) is 4.12. The van der Waals surface area contributed by atoms with Crippen LogP contribution in [0.2, 0.25) is 0 Å². The van der Waals surface area contributed by atoms with E-state index in [1.165, 1.54) is 18.6 Å². The van der Waals surface area contributed by atoms with Crippen LogP contribution in [0.4, 0.5) is 0 Å². The molecule has 1 aliphatic rings. The summed E-state index contributed by atoms with van der Waals surface area (Å²) < 4.78 is 2.02. The Labute approximate surface area is 118 Å². The van der Waals surface area contributed by atoms with Gasteiger partial charge in [-0.2, -0.15) is 0 Å². The summed E-state index contributed by atoms with van der Waals surface area (Å²) in [4.78, 5) is 4.93. The zero-order valence-electron chi connectivity index (χ0n) is 10.9. The first kappa shape index (κ1) is 14.7. The standard InChI is InChI=1S/C14H22INO/c1-14(2)12(8-6-4-5-7-11-15)9-10-13(14)16-17-3/h4-5,7,11-12H,6,8-10H2,1-3H3. The lowest BCUT2D eigenvalue weighted by molar-refractivity contribution is 0.205. The average Bonchev–Trinajstić information content (AvgIpc) is 2.56. The van der Waals surface area contributed by atoms with Gasteiger partial charge in [0.2, 0.25) is 0 Å². The summed E-state index contributed by atoms with van der Waals surface area (Å²) in [6.07, 6.45) is 11.2. The molecule has 0 saturated heterocycles. The van der Waals surface area contributed by atoms with Crippen LogP contribution in [0, 0.1) is 11.3 Å². The normalized spacial score (nSPS) is 26.4. The van der Waals surface area contributed by atoms with Crippen molar-refractivity contribution >= 4 is 28.3 Å². The van der Waals surface area contributed by atoms with E-state index in [4.69, 9.17) is 4.84 Å². The maximum Gasteiger partial charge on any atom is 0.106 e. The molecule has 17 heavy (non-hydrogen) atoms. The Morgan fingerprint density at radius 2 is 2.24 bits per heavy atom. The van der Waals surface area contributed by atoms with Gasteiger partial charge in [-0.05, 0) is 35.7 Å². The van der Waals surface area contributed by atoms with E-state index in [9.17, 15) is 0 Å². The first-order valence-corrected chi connectivity index (χ1v) is 7.40. The van der Waals surface area contributed by atoms with Crippen LogP contribution >= 0.6 is 22.6 Å². The SMILES string of the molecule is CON=C1CCC(CCC=CC=CI)C1(C)C. The zero-order valence-corrected chi connectivity index (χ0v) is 13.1. The van der Waals surface area contributed by atoms with Crippen molar-refractivity contribution in [3.8, 4) is 0 Å². The third-order valence-electron chi connectivity index (χ3n) is 3.70. The van der Waals surface area contributed by atoms with Crippen LogP contribution in [0.5, 0.6) is 0 Å². The molecule has 1 fully saturated rings. The topological polar surface area (TPSA) is 21.6 Å². The molecule has 2 nitrogen and oxygen atoms in total. The molecule has 3 heteroatoms. The van der Waals surface area contributed by atoms with Gasteiger partial charge in [-0.1, -0.05) is 59.8 Å². The first-order chi connectivity index (χ1) is 8.12. The average molecular weight is 347 g/mol. The molecule has 0 aliphatic heterocycles. The first-order valence-electron chi connectivity index (χ1n) is 6.15. The summed E-state index contributed by atoms with van der Waals surface area (Å²) in [6.45, 7) is 4.58. The van der Waals surface area contributed by atoms with Gasteiger partial charge >= 0.3 is 0 Å². The van der Waals surface area contributed by atoms with E-state index in [0.29, 0.717) is 0 Å². The highest BCUT2D eigenvalue weighted by atomic mass is 127. The lowest BCUT2D eigenvalue weighted by Crippen LogP contribution is -2.25. The van der Waals surface area contributed by atoms with Gasteiger partial charge < -0.3 is 4.84 Å². The van der Waals surface area contributed by atoms with Crippen LogP contribution in [0.15, 0.2) is 27.5 Å². The van der Waals surface area contributed by atoms with Crippen molar-refractivity contribution in [2.24, 2.45) is 16.5 Å². The Morgan fingerprint density at radius 1 is 1.47 bits per heavy atom. The lowest BCUT2D eigenvalue weighted by atomic mass is 9.78. The van der Waals surface area contributed by atoms with Gasteiger partial charge in [0.25, 0.3) is 0 Å². The second-order valence-electron chi connectivity index (χ2n) is 5.00. The minimum atomic E-state index is 0.197. The summed E-state index contributed by atoms with van der Waals surface area (Å²) >= 11 is 2.23. The summed E-state index contributed by atoms with van der Waals surface area (Å²) in [6, 6.07) is 0.